The first-order valence-corrected chi connectivity index (χ1v) is 5.58. The molecule has 0 aliphatic heterocycles. The predicted octanol–water partition coefficient (Wildman–Crippen LogP) is 1.94. The summed E-state index contributed by atoms with van der Waals surface area (Å²) in [5.41, 5.74) is 8.07. The van der Waals surface area contributed by atoms with Crippen molar-refractivity contribution in [3.63, 3.8) is 0 Å². The number of aromatic nitrogens is 1. The van der Waals surface area contributed by atoms with Gasteiger partial charge in [0.05, 0.1) is 6.42 Å². The highest BCUT2D eigenvalue weighted by molar-refractivity contribution is 5.85. The maximum atomic E-state index is 10.6. The Hall–Kier alpha value is -1.52. The van der Waals surface area contributed by atoms with Crippen LogP contribution in [0, 0.1) is 0 Å². The molecule has 0 aliphatic carbocycles. The Balaban J connectivity index is 0.00000162. The van der Waals surface area contributed by atoms with Crippen LogP contribution in [0.2, 0.25) is 0 Å². The van der Waals surface area contributed by atoms with E-state index in [0.717, 1.165) is 16.5 Å². The first-order chi connectivity index (χ1) is 8.08. The number of nitrogens with zero attached hydrogens (tertiary/aromatic N) is 1. The molecule has 1 aromatic carbocycles. The van der Waals surface area contributed by atoms with E-state index in [2.05, 4.69) is 0 Å². The van der Waals surface area contributed by atoms with Crippen LogP contribution in [0.5, 0.6) is 0 Å². The van der Waals surface area contributed by atoms with Crippen LogP contribution in [-0.2, 0) is 18.3 Å². The molecule has 0 unspecified atom stereocenters. The van der Waals surface area contributed by atoms with Gasteiger partial charge < -0.3 is 15.4 Å². The maximum Gasteiger partial charge on any atom is 0.304 e. The zero-order valence-electron chi connectivity index (χ0n) is 10.2. The zero-order chi connectivity index (χ0) is 12.4. The van der Waals surface area contributed by atoms with E-state index < -0.39 is 5.97 Å². The average Bonchev–Trinajstić information content (AvgIpc) is 2.55. The number of aryl methyl sites for hydroxylation is 1. The molecule has 2 aromatic rings. The number of halogens is 1. The van der Waals surface area contributed by atoms with Crippen LogP contribution in [0.3, 0.4) is 0 Å². The smallest absolute Gasteiger partial charge is 0.304 e. The molecule has 1 aromatic heterocycles. The van der Waals surface area contributed by atoms with E-state index in [-0.39, 0.29) is 24.9 Å². The Morgan fingerprint density at radius 1 is 1.44 bits per heavy atom. The molecule has 0 saturated carbocycles. The van der Waals surface area contributed by atoms with E-state index in [9.17, 15) is 4.79 Å². The third-order valence-electron chi connectivity index (χ3n) is 2.90. The summed E-state index contributed by atoms with van der Waals surface area (Å²) in [6.07, 6.45) is 2.61. The quantitative estimate of drug-likeness (QED) is 0.890. The molecule has 4 nitrogen and oxygen atoms in total. The lowest BCUT2D eigenvalue weighted by molar-refractivity contribution is -0.137. The van der Waals surface area contributed by atoms with Crippen LogP contribution in [0.15, 0.2) is 30.5 Å². The predicted molar refractivity (Wildman–Crippen MR) is 74.1 cm³/mol. The van der Waals surface area contributed by atoms with Gasteiger partial charge in [0, 0.05) is 30.2 Å². The molecule has 98 valence electrons. The van der Waals surface area contributed by atoms with Gasteiger partial charge in [-0.05, 0) is 18.1 Å². The molecule has 0 fully saturated rings. The van der Waals surface area contributed by atoms with Crippen molar-refractivity contribution < 1.29 is 9.90 Å². The Morgan fingerprint density at radius 3 is 2.78 bits per heavy atom. The van der Waals surface area contributed by atoms with Crippen molar-refractivity contribution in [3.8, 4) is 0 Å². The summed E-state index contributed by atoms with van der Waals surface area (Å²) >= 11 is 0. The van der Waals surface area contributed by atoms with Crippen molar-refractivity contribution in [1.82, 2.24) is 4.57 Å². The van der Waals surface area contributed by atoms with Crippen molar-refractivity contribution in [2.75, 3.05) is 0 Å². The summed E-state index contributed by atoms with van der Waals surface area (Å²) in [6, 6.07) is 7.72. The molecule has 0 bridgehead atoms. The Bertz CT molecular complexity index is 551. The van der Waals surface area contributed by atoms with Gasteiger partial charge in [-0.1, -0.05) is 18.2 Å². The molecule has 1 atom stereocenters. The van der Waals surface area contributed by atoms with Gasteiger partial charge in [0.15, 0.2) is 0 Å². The van der Waals surface area contributed by atoms with Crippen LogP contribution in [0.25, 0.3) is 10.9 Å². The second-order valence-corrected chi connectivity index (χ2v) is 4.34. The number of carbonyl (C=O) groups is 1. The topological polar surface area (TPSA) is 68.2 Å². The molecule has 1 heterocycles. The van der Waals surface area contributed by atoms with Gasteiger partial charge in [-0.15, -0.1) is 12.4 Å². The van der Waals surface area contributed by atoms with E-state index in [0.29, 0.717) is 6.42 Å². The molecule has 2 rings (SSSR count). The highest BCUT2D eigenvalue weighted by Crippen LogP contribution is 2.21. The number of carboxylic acid groups (broad SMARTS) is 1. The fraction of sp³-hybridized carbons (Fsp3) is 0.308. The Kier molecular flexibility index (Phi) is 4.76. The molecule has 18 heavy (non-hydrogen) atoms. The lowest BCUT2D eigenvalue weighted by atomic mass is 10.0. The lowest BCUT2D eigenvalue weighted by Crippen LogP contribution is -2.25. The fourth-order valence-electron chi connectivity index (χ4n) is 2.17. The Morgan fingerprint density at radius 2 is 2.11 bits per heavy atom. The second kappa shape index (κ2) is 5.89. The zero-order valence-corrected chi connectivity index (χ0v) is 11.0. The van der Waals surface area contributed by atoms with Gasteiger partial charge in [-0.2, -0.15) is 0 Å². The van der Waals surface area contributed by atoms with E-state index in [4.69, 9.17) is 10.8 Å². The first-order valence-electron chi connectivity index (χ1n) is 5.58. The van der Waals surface area contributed by atoms with Gasteiger partial charge >= 0.3 is 5.97 Å². The molecule has 0 spiro atoms. The number of aliphatic carboxylic acids is 1. The highest BCUT2D eigenvalue weighted by Gasteiger charge is 2.12. The lowest BCUT2D eigenvalue weighted by Gasteiger charge is -2.07. The minimum atomic E-state index is -0.849. The van der Waals surface area contributed by atoms with Crippen molar-refractivity contribution in [3.05, 3.63) is 36.0 Å². The standard InChI is InChI=1S/C13H16N2O2.ClH/c1-15-8-9(6-10(14)7-13(16)17)11-4-2-3-5-12(11)15;/h2-5,8,10H,6-7,14H2,1H3,(H,16,17);1H/t10-;/m0./s1. The monoisotopic (exact) mass is 268 g/mol. The Labute approximate surface area is 112 Å². The molecule has 3 N–H and O–H groups in total. The van der Waals surface area contributed by atoms with Crippen LogP contribution in [0.4, 0.5) is 0 Å². The minimum absolute atomic E-state index is 0. The number of hydrogen-bond acceptors (Lipinski definition) is 2. The summed E-state index contributed by atoms with van der Waals surface area (Å²) in [6.45, 7) is 0. The highest BCUT2D eigenvalue weighted by atomic mass is 35.5. The normalized spacial score (nSPS) is 12.1. The minimum Gasteiger partial charge on any atom is -0.481 e. The maximum absolute atomic E-state index is 10.6. The van der Waals surface area contributed by atoms with Crippen LogP contribution >= 0.6 is 12.4 Å². The summed E-state index contributed by atoms with van der Waals surface area (Å²) < 4.78 is 2.04. The summed E-state index contributed by atoms with van der Waals surface area (Å²) in [4.78, 5) is 10.6. The number of rotatable bonds is 4. The molecule has 0 aliphatic rings. The van der Waals surface area contributed by atoms with Gasteiger partial charge in [0.1, 0.15) is 0 Å². The van der Waals surface area contributed by atoms with Crippen molar-refractivity contribution in [2.45, 2.75) is 18.9 Å². The van der Waals surface area contributed by atoms with Gasteiger partial charge in [-0.25, -0.2) is 0 Å². The average molecular weight is 269 g/mol. The molecule has 0 saturated heterocycles. The van der Waals surface area contributed by atoms with Crippen LogP contribution < -0.4 is 5.73 Å². The number of para-hydroxylation sites is 1. The summed E-state index contributed by atoms with van der Waals surface area (Å²) in [7, 11) is 1.98. The number of fused-ring (bicyclic) bond motifs is 1. The summed E-state index contributed by atoms with van der Waals surface area (Å²) in [5, 5.41) is 9.84. The number of carboxylic acids is 1. The van der Waals surface area contributed by atoms with E-state index in [1.54, 1.807) is 0 Å². The molecule has 5 heteroatoms. The third kappa shape index (κ3) is 3.03. The van der Waals surface area contributed by atoms with Crippen molar-refractivity contribution in [2.24, 2.45) is 12.8 Å². The SMILES string of the molecule is Cl.Cn1cc(C[C@H](N)CC(=O)O)c2ccccc21. The van der Waals surface area contributed by atoms with Gasteiger partial charge in [0.2, 0.25) is 0 Å². The second-order valence-electron chi connectivity index (χ2n) is 4.34. The van der Waals surface area contributed by atoms with Crippen LogP contribution in [0.1, 0.15) is 12.0 Å². The van der Waals surface area contributed by atoms with Crippen molar-refractivity contribution >= 4 is 29.3 Å². The molecule has 0 amide bonds. The number of nitrogens with two attached hydrogens (primary N) is 1. The summed E-state index contributed by atoms with van der Waals surface area (Å²) in [5.74, 6) is -0.849. The van der Waals surface area contributed by atoms with E-state index in [1.165, 1.54) is 0 Å². The number of hydrogen-bond donors (Lipinski definition) is 2. The fourth-order valence-corrected chi connectivity index (χ4v) is 2.17. The molecular weight excluding hydrogens is 252 g/mol. The van der Waals surface area contributed by atoms with Crippen molar-refractivity contribution in [1.29, 1.82) is 0 Å². The van der Waals surface area contributed by atoms with E-state index >= 15 is 0 Å². The first kappa shape index (κ1) is 14.5. The number of benzene rings is 1. The molecular formula is C13H17ClN2O2. The van der Waals surface area contributed by atoms with Gasteiger partial charge in [-0.3, -0.25) is 4.79 Å². The van der Waals surface area contributed by atoms with Crippen LogP contribution in [-0.4, -0.2) is 21.7 Å². The molecule has 0 radical (unpaired) electrons. The largest absolute Gasteiger partial charge is 0.481 e. The van der Waals surface area contributed by atoms with E-state index in [1.807, 2.05) is 42.1 Å². The van der Waals surface area contributed by atoms with Gasteiger partial charge in [0.25, 0.3) is 0 Å². The third-order valence-corrected chi connectivity index (χ3v) is 2.90.